The molecule has 2 fully saturated rings. The van der Waals surface area contributed by atoms with Gasteiger partial charge in [-0.05, 0) is 47.9 Å². The average Bonchev–Trinajstić information content (AvgIpc) is 3.12. The molecule has 7 nitrogen and oxygen atoms in total. The molecule has 0 aromatic heterocycles. The van der Waals surface area contributed by atoms with E-state index in [2.05, 4.69) is 4.90 Å². The monoisotopic (exact) mass is 482 g/mol. The summed E-state index contributed by atoms with van der Waals surface area (Å²) in [5.41, 5.74) is 0.964. The van der Waals surface area contributed by atoms with E-state index < -0.39 is 23.5 Å². The minimum Gasteiger partial charge on any atom is -0.507 e. The van der Waals surface area contributed by atoms with E-state index in [9.17, 15) is 19.1 Å². The molecule has 1 unspecified atom stereocenters. The van der Waals surface area contributed by atoms with E-state index in [4.69, 9.17) is 9.47 Å². The summed E-state index contributed by atoms with van der Waals surface area (Å²) in [4.78, 5) is 29.8. The van der Waals surface area contributed by atoms with Crippen LogP contribution < -0.4 is 4.74 Å². The van der Waals surface area contributed by atoms with Crippen molar-refractivity contribution >= 4 is 17.4 Å². The molecule has 4 rings (SSSR count). The Morgan fingerprint density at radius 1 is 1.06 bits per heavy atom. The lowest BCUT2D eigenvalue weighted by atomic mass is 9.95. The highest BCUT2D eigenvalue weighted by molar-refractivity contribution is 6.46. The van der Waals surface area contributed by atoms with E-state index in [-0.39, 0.29) is 11.3 Å². The first-order chi connectivity index (χ1) is 16.8. The number of carbonyl (C=O) groups excluding carboxylic acids is 2. The molecule has 2 saturated heterocycles. The van der Waals surface area contributed by atoms with Crippen molar-refractivity contribution < 1.29 is 28.6 Å². The number of aliphatic hydroxyl groups excluding tert-OH is 1. The van der Waals surface area contributed by atoms with E-state index in [1.54, 1.807) is 36.4 Å². The lowest BCUT2D eigenvalue weighted by Crippen LogP contribution is -2.42. The molecule has 1 amide bonds. The Morgan fingerprint density at radius 2 is 1.71 bits per heavy atom. The maximum absolute atomic E-state index is 13.6. The summed E-state index contributed by atoms with van der Waals surface area (Å²) in [5.74, 6) is -1.09. The number of ketones is 1. The van der Waals surface area contributed by atoms with Gasteiger partial charge >= 0.3 is 0 Å². The highest BCUT2D eigenvalue weighted by Gasteiger charge is 2.46. The van der Waals surface area contributed by atoms with Crippen molar-refractivity contribution in [3.63, 3.8) is 0 Å². The first kappa shape index (κ1) is 24.9. The van der Waals surface area contributed by atoms with Gasteiger partial charge < -0.3 is 19.5 Å². The third kappa shape index (κ3) is 5.71. The number of rotatable bonds is 8. The van der Waals surface area contributed by atoms with E-state index in [1.807, 2.05) is 13.8 Å². The summed E-state index contributed by atoms with van der Waals surface area (Å²) in [5, 5.41) is 11.2. The van der Waals surface area contributed by atoms with Crippen LogP contribution in [0.5, 0.6) is 5.75 Å². The maximum Gasteiger partial charge on any atom is 0.295 e. The predicted octanol–water partition coefficient (Wildman–Crippen LogP) is 3.61. The van der Waals surface area contributed by atoms with Crippen molar-refractivity contribution in [1.29, 1.82) is 0 Å². The Morgan fingerprint density at radius 3 is 2.34 bits per heavy atom. The Labute approximate surface area is 204 Å². The van der Waals surface area contributed by atoms with Crippen LogP contribution in [-0.4, -0.2) is 72.6 Å². The van der Waals surface area contributed by atoms with E-state index >= 15 is 0 Å². The Hall–Kier alpha value is -3.23. The molecule has 2 aromatic carbocycles. The summed E-state index contributed by atoms with van der Waals surface area (Å²) in [6.45, 7) is 8.26. The largest absolute Gasteiger partial charge is 0.507 e. The Bertz CT molecular complexity index is 1080. The minimum absolute atomic E-state index is 0.000524. The zero-order valence-corrected chi connectivity index (χ0v) is 20.1. The van der Waals surface area contributed by atoms with Crippen molar-refractivity contribution in [2.75, 3.05) is 46.0 Å². The third-order valence-electron chi connectivity index (χ3n) is 6.20. The summed E-state index contributed by atoms with van der Waals surface area (Å²) >= 11 is 0. The van der Waals surface area contributed by atoms with Crippen molar-refractivity contribution in [3.05, 3.63) is 71.0 Å². The molecule has 1 N–H and O–H groups in total. The molecule has 0 radical (unpaired) electrons. The van der Waals surface area contributed by atoms with Gasteiger partial charge in [0.1, 0.15) is 17.3 Å². The lowest BCUT2D eigenvalue weighted by molar-refractivity contribution is -0.140. The van der Waals surface area contributed by atoms with Crippen LogP contribution in [0.3, 0.4) is 0 Å². The van der Waals surface area contributed by atoms with E-state index in [0.717, 1.165) is 13.1 Å². The van der Waals surface area contributed by atoms with Gasteiger partial charge in [-0.1, -0.05) is 26.0 Å². The number of hydrogen-bond acceptors (Lipinski definition) is 6. The van der Waals surface area contributed by atoms with Crippen molar-refractivity contribution in [3.8, 4) is 5.75 Å². The number of morpholine rings is 1. The Kier molecular flexibility index (Phi) is 7.83. The quantitative estimate of drug-likeness (QED) is 0.352. The molecule has 0 saturated carbocycles. The molecular formula is C27H31FN2O5. The number of ether oxygens (including phenoxy) is 2. The fourth-order valence-electron chi connectivity index (χ4n) is 4.30. The molecule has 1 atom stereocenters. The van der Waals surface area contributed by atoms with Gasteiger partial charge in [-0.25, -0.2) is 4.39 Å². The van der Waals surface area contributed by atoms with Gasteiger partial charge in [-0.2, -0.15) is 0 Å². The molecule has 35 heavy (non-hydrogen) atoms. The molecule has 2 aliphatic heterocycles. The number of likely N-dealkylation sites (tertiary alicyclic amines) is 1. The molecule has 2 aliphatic rings. The third-order valence-corrected chi connectivity index (χ3v) is 6.20. The van der Waals surface area contributed by atoms with Crippen LogP contribution in [0.1, 0.15) is 31.0 Å². The van der Waals surface area contributed by atoms with Gasteiger partial charge in [0.05, 0.1) is 31.4 Å². The van der Waals surface area contributed by atoms with Crippen LogP contribution in [0.15, 0.2) is 54.1 Å². The number of benzene rings is 2. The van der Waals surface area contributed by atoms with Gasteiger partial charge in [0, 0.05) is 31.7 Å². The molecular weight excluding hydrogens is 451 g/mol. The predicted molar refractivity (Wildman–Crippen MR) is 129 cm³/mol. The van der Waals surface area contributed by atoms with Gasteiger partial charge in [-0.15, -0.1) is 0 Å². The summed E-state index contributed by atoms with van der Waals surface area (Å²) < 4.78 is 24.7. The number of halogens is 1. The number of hydrogen-bond donors (Lipinski definition) is 1. The fourth-order valence-corrected chi connectivity index (χ4v) is 4.30. The second-order valence-electron chi connectivity index (χ2n) is 9.23. The smallest absolute Gasteiger partial charge is 0.295 e. The number of amides is 1. The summed E-state index contributed by atoms with van der Waals surface area (Å²) in [6, 6.07) is 11.6. The minimum atomic E-state index is -0.812. The van der Waals surface area contributed by atoms with Crippen molar-refractivity contribution in [1.82, 2.24) is 9.80 Å². The first-order valence-electron chi connectivity index (χ1n) is 11.9. The molecule has 0 aliphatic carbocycles. The molecule has 8 heteroatoms. The van der Waals surface area contributed by atoms with Crippen molar-refractivity contribution in [2.24, 2.45) is 5.92 Å². The molecule has 186 valence electrons. The van der Waals surface area contributed by atoms with Crippen molar-refractivity contribution in [2.45, 2.75) is 19.9 Å². The number of nitrogens with zero attached hydrogens (tertiary/aromatic N) is 2. The molecule has 2 aromatic rings. The van der Waals surface area contributed by atoms with Crippen LogP contribution in [0.4, 0.5) is 4.39 Å². The fraction of sp³-hybridized carbons (Fsp3) is 0.407. The van der Waals surface area contributed by atoms with E-state index in [0.29, 0.717) is 55.7 Å². The molecule has 0 spiro atoms. The topological polar surface area (TPSA) is 79.3 Å². The normalized spacial score (nSPS) is 20.6. The average molecular weight is 483 g/mol. The summed E-state index contributed by atoms with van der Waals surface area (Å²) in [7, 11) is 0. The zero-order valence-electron chi connectivity index (χ0n) is 20.1. The zero-order chi connectivity index (χ0) is 24.9. The van der Waals surface area contributed by atoms with Crippen LogP contribution >= 0.6 is 0 Å². The van der Waals surface area contributed by atoms with Gasteiger partial charge in [0.15, 0.2) is 0 Å². The second-order valence-corrected chi connectivity index (χ2v) is 9.23. The highest BCUT2D eigenvalue weighted by atomic mass is 19.1. The number of aliphatic hydroxyl groups is 1. The van der Waals surface area contributed by atoms with Crippen LogP contribution in [0, 0.1) is 11.7 Å². The van der Waals surface area contributed by atoms with Gasteiger partial charge in [0.25, 0.3) is 11.7 Å². The van der Waals surface area contributed by atoms with E-state index in [1.165, 1.54) is 17.0 Å². The van der Waals surface area contributed by atoms with Crippen LogP contribution in [0.25, 0.3) is 5.76 Å². The van der Waals surface area contributed by atoms with Gasteiger partial charge in [-0.3, -0.25) is 14.5 Å². The maximum atomic E-state index is 13.6. The Balaban J connectivity index is 1.66. The number of carbonyl (C=O) groups is 2. The lowest BCUT2D eigenvalue weighted by Gasteiger charge is -2.31. The summed E-state index contributed by atoms with van der Waals surface area (Å²) in [6.07, 6.45) is 0. The van der Waals surface area contributed by atoms with Crippen LogP contribution in [-0.2, 0) is 14.3 Å². The van der Waals surface area contributed by atoms with Gasteiger partial charge in [0.2, 0.25) is 0 Å². The SMILES string of the molecule is CC(C)COc1ccc(/C(O)=C2/C(=O)C(=O)N(CCN3CCOCC3)C2c2ccc(F)cc2)cc1. The molecule has 2 heterocycles. The standard InChI is InChI=1S/C27H31FN2O5/c1-18(2)17-35-22-9-5-20(6-10-22)25(31)23-24(19-3-7-21(28)8-4-19)30(27(33)26(23)32)12-11-29-13-15-34-16-14-29/h3-10,18,24,31H,11-17H2,1-2H3/b25-23-. The second kappa shape index (κ2) is 11.0. The number of Topliss-reactive ketones (excluding diaryl/α,β-unsaturated/α-hetero) is 1. The first-order valence-corrected chi connectivity index (χ1v) is 11.9. The highest BCUT2D eigenvalue weighted by Crippen LogP contribution is 2.39. The van der Waals surface area contributed by atoms with Crippen LogP contribution in [0.2, 0.25) is 0 Å². The molecule has 0 bridgehead atoms.